The van der Waals surface area contributed by atoms with Crippen molar-refractivity contribution in [2.75, 3.05) is 18.1 Å². The molecule has 5 heteroatoms. The van der Waals surface area contributed by atoms with Gasteiger partial charge >= 0.3 is 0 Å². The fourth-order valence-corrected chi connectivity index (χ4v) is 3.53. The van der Waals surface area contributed by atoms with Crippen LogP contribution in [0.1, 0.15) is 52.4 Å². The summed E-state index contributed by atoms with van der Waals surface area (Å²) >= 11 is 0. The van der Waals surface area contributed by atoms with Crippen molar-refractivity contribution in [2.24, 2.45) is 0 Å². The molecule has 1 aliphatic heterocycles. The summed E-state index contributed by atoms with van der Waals surface area (Å²) in [5.74, 6) is 0.505. The van der Waals surface area contributed by atoms with E-state index in [1.165, 1.54) is 0 Å². The Hall–Kier alpha value is -0.420. The summed E-state index contributed by atoms with van der Waals surface area (Å²) < 4.78 is 22.8. The van der Waals surface area contributed by atoms with Gasteiger partial charge in [-0.15, -0.1) is 0 Å². The zero-order valence-corrected chi connectivity index (χ0v) is 12.3. The third-order valence-corrected chi connectivity index (χ3v) is 5.54. The van der Waals surface area contributed by atoms with E-state index in [-0.39, 0.29) is 22.8 Å². The number of Topliss-reactive ketones (excluding diaryl/α,β-unsaturated/α-hetero) is 1. The predicted octanol–water partition coefficient (Wildman–Crippen LogP) is 1.69. The van der Waals surface area contributed by atoms with Gasteiger partial charge in [-0.25, -0.2) is 8.42 Å². The van der Waals surface area contributed by atoms with E-state index >= 15 is 0 Å². The lowest BCUT2D eigenvalue weighted by atomic mass is 9.85. The van der Waals surface area contributed by atoms with Gasteiger partial charge < -0.3 is 5.32 Å². The molecule has 106 valence electrons. The first-order valence-corrected chi connectivity index (χ1v) is 8.76. The Morgan fingerprint density at radius 1 is 1.33 bits per heavy atom. The van der Waals surface area contributed by atoms with Crippen LogP contribution in [0.5, 0.6) is 0 Å². The van der Waals surface area contributed by atoms with Crippen molar-refractivity contribution < 1.29 is 13.2 Å². The van der Waals surface area contributed by atoms with Crippen LogP contribution in [-0.4, -0.2) is 37.8 Å². The number of sulfone groups is 1. The van der Waals surface area contributed by atoms with Crippen molar-refractivity contribution >= 4 is 15.6 Å². The monoisotopic (exact) mass is 275 g/mol. The van der Waals surface area contributed by atoms with Gasteiger partial charge in [0.25, 0.3) is 0 Å². The summed E-state index contributed by atoms with van der Waals surface area (Å²) in [7, 11) is -2.94. The van der Waals surface area contributed by atoms with E-state index < -0.39 is 9.84 Å². The number of hydrogen-bond donors (Lipinski definition) is 1. The highest BCUT2D eigenvalue weighted by molar-refractivity contribution is 7.91. The lowest BCUT2D eigenvalue weighted by Crippen LogP contribution is -2.47. The van der Waals surface area contributed by atoms with E-state index in [1.807, 2.05) is 0 Å². The van der Waals surface area contributed by atoms with Crippen molar-refractivity contribution in [3.8, 4) is 0 Å². The average Bonchev–Trinajstić information content (AvgIpc) is 2.79. The van der Waals surface area contributed by atoms with Gasteiger partial charge in [-0.1, -0.05) is 20.3 Å². The van der Waals surface area contributed by atoms with Gasteiger partial charge in [0.05, 0.1) is 11.3 Å². The molecule has 4 nitrogen and oxygen atoms in total. The van der Waals surface area contributed by atoms with Crippen LogP contribution in [0.2, 0.25) is 0 Å². The average molecular weight is 275 g/mol. The Morgan fingerprint density at radius 3 is 2.56 bits per heavy atom. The molecule has 1 atom stereocenters. The number of carbonyl (C=O) groups is 1. The van der Waals surface area contributed by atoms with Crippen LogP contribution in [0.15, 0.2) is 0 Å². The highest BCUT2D eigenvalue weighted by Crippen LogP contribution is 2.27. The largest absolute Gasteiger partial charge is 0.305 e. The van der Waals surface area contributed by atoms with Crippen LogP contribution < -0.4 is 5.32 Å². The number of carbonyl (C=O) groups excluding carboxylic acids is 1. The minimum atomic E-state index is -2.94. The number of hydrogen-bond acceptors (Lipinski definition) is 4. The van der Waals surface area contributed by atoms with Gasteiger partial charge in [0, 0.05) is 12.2 Å². The molecule has 0 amide bonds. The maximum atomic E-state index is 12.3. The van der Waals surface area contributed by atoms with Crippen LogP contribution in [0.4, 0.5) is 0 Å². The second-order valence-corrected chi connectivity index (χ2v) is 7.60. The predicted molar refractivity (Wildman–Crippen MR) is 73.4 cm³/mol. The van der Waals surface area contributed by atoms with Crippen LogP contribution in [0, 0.1) is 0 Å². The summed E-state index contributed by atoms with van der Waals surface area (Å²) in [5.41, 5.74) is -0.356. The molecule has 0 spiro atoms. The second-order valence-electron chi connectivity index (χ2n) is 5.13. The van der Waals surface area contributed by atoms with Crippen LogP contribution in [-0.2, 0) is 14.6 Å². The minimum absolute atomic E-state index is 0.136. The number of ketones is 1. The smallest absolute Gasteiger partial charge is 0.152 e. The Morgan fingerprint density at radius 2 is 2.06 bits per heavy atom. The van der Waals surface area contributed by atoms with Crippen LogP contribution in [0.25, 0.3) is 0 Å². The summed E-state index contributed by atoms with van der Waals surface area (Å²) in [6, 6.07) is 0. The maximum absolute atomic E-state index is 12.3. The van der Waals surface area contributed by atoms with Gasteiger partial charge in [0.2, 0.25) is 0 Å². The summed E-state index contributed by atoms with van der Waals surface area (Å²) in [5, 5.41) is 3.33. The zero-order valence-electron chi connectivity index (χ0n) is 11.5. The summed E-state index contributed by atoms with van der Waals surface area (Å²) in [6.07, 6.45) is 4.63. The van der Waals surface area contributed by atoms with Crippen molar-refractivity contribution in [1.29, 1.82) is 0 Å². The molecule has 1 saturated heterocycles. The molecule has 18 heavy (non-hydrogen) atoms. The highest BCUT2D eigenvalue weighted by Gasteiger charge is 2.38. The van der Waals surface area contributed by atoms with E-state index in [2.05, 4.69) is 12.2 Å². The minimum Gasteiger partial charge on any atom is -0.305 e. The number of rotatable bonds is 8. The molecule has 1 rings (SSSR count). The van der Waals surface area contributed by atoms with Crippen LogP contribution >= 0.6 is 0 Å². The molecule has 0 aromatic carbocycles. The molecule has 0 aromatic heterocycles. The van der Waals surface area contributed by atoms with E-state index in [4.69, 9.17) is 0 Å². The quantitative estimate of drug-likeness (QED) is 0.732. The van der Waals surface area contributed by atoms with Crippen molar-refractivity contribution in [3.63, 3.8) is 0 Å². The molecule has 1 N–H and O–H groups in total. The lowest BCUT2D eigenvalue weighted by molar-refractivity contribution is -0.125. The van der Waals surface area contributed by atoms with Gasteiger partial charge in [-0.3, -0.25) is 4.79 Å². The molecule has 1 aliphatic rings. The van der Waals surface area contributed by atoms with E-state index in [9.17, 15) is 13.2 Å². The first-order valence-electron chi connectivity index (χ1n) is 6.94. The standard InChI is InChI=1S/C13H25NO3S/c1-3-8-13(9-6-10-14-13)12(15)7-5-11-18(16,17)4-2/h14H,3-11H2,1-2H3. The molecule has 0 radical (unpaired) electrons. The third kappa shape index (κ3) is 4.05. The van der Waals surface area contributed by atoms with Crippen molar-refractivity contribution in [3.05, 3.63) is 0 Å². The molecule has 1 unspecified atom stereocenters. The number of nitrogens with one attached hydrogen (secondary N) is 1. The van der Waals surface area contributed by atoms with Gasteiger partial charge in [-0.05, 0) is 32.2 Å². The fourth-order valence-electron chi connectivity index (χ4n) is 2.66. The molecule has 0 bridgehead atoms. The van der Waals surface area contributed by atoms with Gasteiger partial charge in [0.1, 0.15) is 9.84 Å². The summed E-state index contributed by atoms with van der Waals surface area (Å²) in [4.78, 5) is 12.3. The van der Waals surface area contributed by atoms with E-state index in [1.54, 1.807) is 6.92 Å². The lowest BCUT2D eigenvalue weighted by Gasteiger charge is -2.27. The highest BCUT2D eigenvalue weighted by atomic mass is 32.2. The topological polar surface area (TPSA) is 63.2 Å². The Kier molecular flexibility index (Phi) is 5.79. The second kappa shape index (κ2) is 6.66. The molecule has 1 heterocycles. The SMILES string of the molecule is CCCC1(C(=O)CCCS(=O)(=O)CC)CCCN1. The van der Waals surface area contributed by atoms with Gasteiger partial charge in [0.15, 0.2) is 5.78 Å². The van der Waals surface area contributed by atoms with Crippen molar-refractivity contribution in [2.45, 2.75) is 57.9 Å². The van der Waals surface area contributed by atoms with E-state index in [0.717, 1.165) is 32.2 Å². The Bertz CT molecular complexity index is 370. The van der Waals surface area contributed by atoms with E-state index in [0.29, 0.717) is 12.8 Å². The molecule has 0 aliphatic carbocycles. The maximum Gasteiger partial charge on any atom is 0.152 e. The Labute approximate surface area is 110 Å². The first-order chi connectivity index (χ1) is 8.46. The molecule has 0 aromatic rings. The van der Waals surface area contributed by atoms with Gasteiger partial charge in [-0.2, -0.15) is 0 Å². The zero-order chi connectivity index (χ0) is 13.6. The normalized spacial score (nSPS) is 24.3. The summed E-state index contributed by atoms with van der Waals surface area (Å²) in [6.45, 7) is 4.63. The third-order valence-electron chi connectivity index (χ3n) is 3.75. The fraction of sp³-hybridized carbons (Fsp3) is 0.923. The molecule has 1 fully saturated rings. The Balaban J connectivity index is 2.48. The molecule has 0 saturated carbocycles. The van der Waals surface area contributed by atoms with Crippen molar-refractivity contribution in [1.82, 2.24) is 5.32 Å². The first kappa shape index (κ1) is 15.6. The molecular weight excluding hydrogens is 250 g/mol. The van der Waals surface area contributed by atoms with Crippen LogP contribution in [0.3, 0.4) is 0 Å². The molecular formula is C13H25NO3S.